The van der Waals surface area contributed by atoms with Gasteiger partial charge < -0.3 is 4.74 Å². The highest BCUT2D eigenvalue weighted by Gasteiger charge is 2.12. The van der Waals surface area contributed by atoms with Gasteiger partial charge in [-0.3, -0.25) is 9.78 Å². The molecule has 1 aromatic rings. The third-order valence-electron chi connectivity index (χ3n) is 2.01. The van der Waals surface area contributed by atoms with E-state index in [0.29, 0.717) is 18.6 Å². The van der Waals surface area contributed by atoms with Gasteiger partial charge in [-0.1, -0.05) is 6.92 Å². The van der Waals surface area contributed by atoms with Crippen LogP contribution in [-0.2, 0) is 4.74 Å². The van der Waals surface area contributed by atoms with Crippen molar-refractivity contribution >= 4 is 5.78 Å². The van der Waals surface area contributed by atoms with Gasteiger partial charge in [-0.2, -0.15) is 0 Å². The van der Waals surface area contributed by atoms with Crippen LogP contribution in [0.2, 0.25) is 0 Å². The summed E-state index contributed by atoms with van der Waals surface area (Å²) in [6, 6.07) is 1.20. The summed E-state index contributed by atoms with van der Waals surface area (Å²) in [5.74, 6) is -0.461. The smallest absolute Gasteiger partial charge is 0.164 e. The van der Waals surface area contributed by atoms with E-state index < -0.39 is 5.82 Å². The number of hydrogen-bond acceptors (Lipinski definition) is 3. The lowest BCUT2D eigenvalue weighted by atomic mass is 10.0. The van der Waals surface area contributed by atoms with Crippen molar-refractivity contribution in [3.05, 3.63) is 29.8 Å². The Labute approximate surface area is 88.3 Å². The lowest BCUT2D eigenvalue weighted by Gasteiger charge is -2.08. The average Bonchev–Trinajstić information content (AvgIpc) is 2.18. The van der Waals surface area contributed by atoms with E-state index in [1.54, 1.807) is 7.11 Å². The van der Waals surface area contributed by atoms with Crippen molar-refractivity contribution in [1.82, 2.24) is 4.98 Å². The van der Waals surface area contributed by atoms with E-state index in [2.05, 4.69) is 4.98 Å². The number of halogens is 1. The van der Waals surface area contributed by atoms with Crippen LogP contribution in [-0.4, -0.2) is 24.5 Å². The Morgan fingerprint density at radius 2 is 2.33 bits per heavy atom. The van der Waals surface area contributed by atoms with E-state index in [-0.39, 0.29) is 11.7 Å². The number of carbonyl (C=O) groups is 1. The predicted molar refractivity (Wildman–Crippen MR) is 54.2 cm³/mol. The molecule has 0 saturated heterocycles. The lowest BCUT2D eigenvalue weighted by molar-refractivity contribution is 0.0919. The van der Waals surface area contributed by atoms with Gasteiger partial charge in [0.25, 0.3) is 0 Å². The molecule has 0 bridgehead atoms. The van der Waals surface area contributed by atoms with E-state index in [1.807, 2.05) is 6.92 Å². The minimum Gasteiger partial charge on any atom is -0.384 e. The molecule has 0 fully saturated rings. The van der Waals surface area contributed by atoms with Gasteiger partial charge in [0, 0.05) is 31.9 Å². The molecule has 0 N–H and O–H groups in total. The number of methoxy groups -OCH3 is 1. The zero-order valence-electron chi connectivity index (χ0n) is 8.87. The van der Waals surface area contributed by atoms with Crippen molar-refractivity contribution in [3.63, 3.8) is 0 Å². The van der Waals surface area contributed by atoms with Crippen LogP contribution < -0.4 is 0 Å². The second-order valence-corrected chi connectivity index (χ2v) is 3.58. The Morgan fingerprint density at radius 3 is 2.93 bits per heavy atom. The molecule has 0 aliphatic heterocycles. The molecule has 15 heavy (non-hydrogen) atoms. The van der Waals surface area contributed by atoms with Gasteiger partial charge in [0.05, 0.1) is 6.20 Å². The molecule has 0 aliphatic carbocycles. The first-order valence-corrected chi connectivity index (χ1v) is 4.76. The molecular formula is C11H14FNO2. The summed E-state index contributed by atoms with van der Waals surface area (Å²) in [4.78, 5) is 15.3. The summed E-state index contributed by atoms with van der Waals surface area (Å²) < 4.78 is 17.7. The monoisotopic (exact) mass is 211 g/mol. The van der Waals surface area contributed by atoms with Crippen LogP contribution >= 0.6 is 0 Å². The third kappa shape index (κ3) is 3.75. The molecule has 0 radical (unpaired) electrons. The molecule has 1 aromatic heterocycles. The fourth-order valence-corrected chi connectivity index (χ4v) is 1.34. The van der Waals surface area contributed by atoms with E-state index in [9.17, 15) is 9.18 Å². The Balaban J connectivity index is 2.61. The number of aromatic nitrogens is 1. The molecule has 0 aromatic carbocycles. The van der Waals surface area contributed by atoms with Gasteiger partial charge in [0.2, 0.25) is 0 Å². The van der Waals surface area contributed by atoms with Crippen molar-refractivity contribution in [2.75, 3.05) is 13.7 Å². The molecule has 0 saturated carbocycles. The minimum absolute atomic E-state index is 0.105. The van der Waals surface area contributed by atoms with Gasteiger partial charge in [0.1, 0.15) is 5.82 Å². The van der Waals surface area contributed by atoms with Crippen LogP contribution in [0.5, 0.6) is 0 Å². The number of Topliss-reactive ketones (excluding diaryl/α,β-unsaturated/α-hetero) is 1. The fourth-order valence-electron chi connectivity index (χ4n) is 1.34. The van der Waals surface area contributed by atoms with E-state index in [1.165, 1.54) is 12.3 Å². The first-order chi connectivity index (χ1) is 7.13. The maximum atomic E-state index is 12.8. The molecular weight excluding hydrogens is 197 g/mol. The summed E-state index contributed by atoms with van der Waals surface area (Å²) in [5.41, 5.74) is 0.318. The van der Waals surface area contributed by atoms with Crippen LogP contribution in [0.4, 0.5) is 4.39 Å². The first kappa shape index (κ1) is 11.8. The summed E-state index contributed by atoms with van der Waals surface area (Å²) >= 11 is 0. The van der Waals surface area contributed by atoms with Crippen LogP contribution in [0.15, 0.2) is 18.5 Å². The zero-order chi connectivity index (χ0) is 11.3. The van der Waals surface area contributed by atoms with Gasteiger partial charge in [-0.15, -0.1) is 0 Å². The lowest BCUT2D eigenvalue weighted by Crippen LogP contribution is -2.11. The molecule has 1 rings (SSSR count). The summed E-state index contributed by atoms with van der Waals surface area (Å²) in [6.45, 7) is 2.43. The van der Waals surface area contributed by atoms with Crippen molar-refractivity contribution in [3.8, 4) is 0 Å². The van der Waals surface area contributed by atoms with Crippen molar-refractivity contribution in [2.24, 2.45) is 5.92 Å². The normalized spacial score (nSPS) is 12.5. The standard InChI is InChI=1S/C11H14FNO2/c1-8(7-15-2)3-11(14)9-4-10(12)6-13-5-9/h4-6,8H,3,7H2,1-2H3. The van der Waals surface area contributed by atoms with Crippen LogP contribution in [0, 0.1) is 11.7 Å². The number of rotatable bonds is 5. The van der Waals surface area contributed by atoms with Gasteiger partial charge >= 0.3 is 0 Å². The van der Waals surface area contributed by atoms with Crippen molar-refractivity contribution in [2.45, 2.75) is 13.3 Å². The molecule has 1 heterocycles. The topological polar surface area (TPSA) is 39.2 Å². The van der Waals surface area contributed by atoms with Crippen LogP contribution in [0.3, 0.4) is 0 Å². The summed E-state index contributed by atoms with van der Waals surface area (Å²) in [6.07, 6.45) is 2.80. The average molecular weight is 211 g/mol. The number of carbonyl (C=O) groups excluding carboxylic acids is 1. The number of ether oxygens (including phenoxy) is 1. The second kappa shape index (κ2) is 5.56. The molecule has 82 valence electrons. The predicted octanol–water partition coefficient (Wildman–Crippen LogP) is 2.08. The maximum absolute atomic E-state index is 12.8. The van der Waals surface area contributed by atoms with Crippen molar-refractivity contribution in [1.29, 1.82) is 0 Å². The van der Waals surface area contributed by atoms with Crippen molar-refractivity contribution < 1.29 is 13.9 Å². The van der Waals surface area contributed by atoms with Gasteiger partial charge in [-0.25, -0.2) is 4.39 Å². The molecule has 1 unspecified atom stereocenters. The molecule has 4 heteroatoms. The van der Waals surface area contributed by atoms with Gasteiger partial charge in [0.15, 0.2) is 5.78 Å². The van der Waals surface area contributed by atoms with E-state index >= 15 is 0 Å². The highest BCUT2D eigenvalue weighted by molar-refractivity contribution is 5.95. The van der Waals surface area contributed by atoms with Crippen LogP contribution in [0.1, 0.15) is 23.7 Å². The molecule has 0 spiro atoms. The Kier molecular flexibility index (Phi) is 4.37. The molecule has 3 nitrogen and oxygen atoms in total. The second-order valence-electron chi connectivity index (χ2n) is 3.58. The Morgan fingerprint density at radius 1 is 1.60 bits per heavy atom. The third-order valence-corrected chi connectivity index (χ3v) is 2.01. The van der Waals surface area contributed by atoms with Crippen LogP contribution in [0.25, 0.3) is 0 Å². The number of hydrogen-bond donors (Lipinski definition) is 0. The fraction of sp³-hybridized carbons (Fsp3) is 0.455. The first-order valence-electron chi connectivity index (χ1n) is 4.76. The number of nitrogens with zero attached hydrogens (tertiary/aromatic N) is 1. The van der Waals surface area contributed by atoms with E-state index in [4.69, 9.17) is 4.74 Å². The van der Waals surface area contributed by atoms with E-state index in [0.717, 1.165) is 6.20 Å². The minimum atomic E-state index is -0.486. The SMILES string of the molecule is COCC(C)CC(=O)c1cncc(F)c1. The zero-order valence-corrected chi connectivity index (χ0v) is 8.87. The summed E-state index contributed by atoms with van der Waals surface area (Å²) in [5, 5.41) is 0. The Hall–Kier alpha value is -1.29. The summed E-state index contributed by atoms with van der Waals surface area (Å²) in [7, 11) is 1.59. The van der Waals surface area contributed by atoms with Gasteiger partial charge in [-0.05, 0) is 12.0 Å². The largest absolute Gasteiger partial charge is 0.384 e. The quantitative estimate of drug-likeness (QED) is 0.700. The molecule has 0 aliphatic rings. The number of ketones is 1. The highest BCUT2D eigenvalue weighted by atomic mass is 19.1. The molecule has 1 atom stereocenters. The maximum Gasteiger partial charge on any atom is 0.164 e. The highest BCUT2D eigenvalue weighted by Crippen LogP contribution is 2.10. The Bertz CT molecular complexity index is 341. The molecule has 0 amide bonds. The number of pyridine rings is 1.